The number of nitrogens with one attached hydrogen (secondary N) is 2. The van der Waals surface area contributed by atoms with Crippen LogP contribution in [0.3, 0.4) is 0 Å². The first kappa shape index (κ1) is 20.6. The van der Waals surface area contributed by atoms with E-state index in [1.165, 1.54) is 0 Å². The topological polar surface area (TPSA) is 64.1 Å². The molecule has 27 heavy (non-hydrogen) atoms. The molecule has 0 heterocycles. The Balaban J connectivity index is 1.88. The number of hydrogen-bond donors (Lipinski definition) is 2. The van der Waals surface area contributed by atoms with Gasteiger partial charge in [0.15, 0.2) is 17.5 Å². The summed E-state index contributed by atoms with van der Waals surface area (Å²) in [6, 6.07) is 16.0. The van der Waals surface area contributed by atoms with Gasteiger partial charge < -0.3 is 24.8 Å². The predicted molar refractivity (Wildman–Crippen MR) is 108 cm³/mol. The molecule has 0 saturated heterocycles. The smallest absolute Gasteiger partial charge is 0.191 e. The van der Waals surface area contributed by atoms with E-state index in [0.29, 0.717) is 38.7 Å². The van der Waals surface area contributed by atoms with Gasteiger partial charge in [-0.05, 0) is 30.2 Å². The van der Waals surface area contributed by atoms with Gasteiger partial charge in [0.25, 0.3) is 0 Å². The maximum Gasteiger partial charge on any atom is 0.191 e. The lowest BCUT2D eigenvalue weighted by Crippen LogP contribution is -2.38. The maximum atomic E-state index is 5.90. The van der Waals surface area contributed by atoms with E-state index >= 15 is 0 Å². The van der Waals surface area contributed by atoms with Gasteiger partial charge in [0.2, 0.25) is 0 Å². The highest BCUT2D eigenvalue weighted by molar-refractivity contribution is 5.79. The number of rotatable bonds is 10. The van der Waals surface area contributed by atoms with Gasteiger partial charge in [0.1, 0.15) is 6.61 Å². The van der Waals surface area contributed by atoms with Crippen molar-refractivity contribution in [2.45, 2.75) is 20.1 Å². The molecule has 2 N–H and O–H groups in total. The first-order valence-electron chi connectivity index (χ1n) is 9.12. The summed E-state index contributed by atoms with van der Waals surface area (Å²) in [7, 11) is 3.40. The highest BCUT2D eigenvalue weighted by Gasteiger charge is 2.07. The number of aliphatic imine (C=N–C) groups is 1. The molecule has 0 aromatic heterocycles. The van der Waals surface area contributed by atoms with Gasteiger partial charge in [-0.15, -0.1) is 0 Å². The van der Waals surface area contributed by atoms with Gasteiger partial charge in [-0.3, -0.25) is 4.99 Å². The zero-order valence-corrected chi connectivity index (χ0v) is 16.3. The summed E-state index contributed by atoms with van der Waals surface area (Å²) in [6.45, 7) is 5.19. The van der Waals surface area contributed by atoms with Crippen molar-refractivity contribution >= 4 is 5.96 Å². The van der Waals surface area contributed by atoms with Crippen LogP contribution in [0, 0.1) is 0 Å². The summed E-state index contributed by atoms with van der Waals surface area (Å²) in [6.07, 6.45) is 0. The van der Waals surface area contributed by atoms with E-state index in [2.05, 4.69) is 15.6 Å². The molecule has 0 radical (unpaired) electrons. The van der Waals surface area contributed by atoms with Gasteiger partial charge in [-0.1, -0.05) is 36.4 Å². The van der Waals surface area contributed by atoms with Crippen LogP contribution in [0.15, 0.2) is 53.5 Å². The first-order valence-corrected chi connectivity index (χ1v) is 9.12. The van der Waals surface area contributed by atoms with Gasteiger partial charge in [-0.25, -0.2) is 0 Å². The van der Waals surface area contributed by atoms with Crippen molar-refractivity contribution in [3.8, 4) is 11.5 Å². The maximum absolute atomic E-state index is 5.90. The molecule has 0 fully saturated rings. The van der Waals surface area contributed by atoms with Crippen LogP contribution in [0.4, 0.5) is 0 Å². The van der Waals surface area contributed by atoms with Crippen LogP contribution in [0.1, 0.15) is 18.1 Å². The summed E-state index contributed by atoms with van der Waals surface area (Å²) in [5.41, 5.74) is 2.19. The molecule has 0 aliphatic heterocycles. The minimum atomic E-state index is 0.505. The fourth-order valence-electron chi connectivity index (χ4n) is 2.47. The minimum Gasteiger partial charge on any atom is -0.493 e. The molecule has 0 unspecified atom stereocenters. The molecule has 146 valence electrons. The summed E-state index contributed by atoms with van der Waals surface area (Å²) < 4.78 is 16.7. The molecule has 0 amide bonds. The van der Waals surface area contributed by atoms with E-state index in [9.17, 15) is 0 Å². The Morgan fingerprint density at radius 1 is 1.00 bits per heavy atom. The van der Waals surface area contributed by atoms with E-state index in [1.807, 2.05) is 55.5 Å². The van der Waals surface area contributed by atoms with Crippen molar-refractivity contribution in [2.24, 2.45) is 4.99 Å². The van der Waals surface area contributed by atoms with Crippen molar-refractivity contribution in [3.63, 3.8) is 0 Å². The second-order valence-electron chi connectivity index (χ2n) is 5.81. The quantitative estimate of drug-likeness (QED) is 0.382. The standard InChI is InChI=1S/C21H29N3O3/c1-4-26-13-12-23-21(22-2)24-15-18-10-11-19(20(14-18)25-3)27-16-17-8-6-5-7-9-17/h5-11,14H,4,12-13,15-16H2,1-3H3,(H2,22,23,24). The number of methoxy groups -OCH3 is 1. The number of nitrogens with zero attached hydrogens (tertiary/aromatic N) is 1. The lowest BCUT2D eigenvalue weighted by molar-refractivity contribution is 0.152. The SMILES string of the molecule is CCOCCNC(=NC)NCc1ccc(OCc2ccccc2)c(OC)c1. The Morgan fingerprint density at radius 2 is 1.81 bits per heavy atom. The molecule has 6 nitrogen and oxygen atoms in total. The molecule has 6 heteroatoms. The first-order chi connectivity index (χ1) is 13.3. The van der Waals surface area contributed by atoms with Crippen LogP contribution in [-0.2, 0) is 17.9 Å². The normalized spacial score (nSPS) is 11.1. The molecule has 0 atom stereocenters. The van der Waals surface area contributed by atoms with Crippen molar-refractivity contribution < 1.29 is 14.2 Å². The predicted octanol–water partition coefficient (Wildman–Crippen LogP) is 2.98. The Hall–Kier alpha value is -2.73. The zero-order valence-electron chi connectivity index (χ0n) is 16.3. The second kappa shape index (κ2) is 11.8. The van der Waals surface area contributed by atoms with Crippen LogP contribution in [0.5, 0.6) is 11.5 Å². The number of guanidine groups is 1. The number of benzene rings is 2. The van der Waals surface area contributed by atoms with E-state index in [-0.39, 0.29) is 0 Å². The highest BCUT2D eigenvalue weighted by Crippen LogP contribution is 2.28. The lowest BCUT2D eigenvalue weighted by Gasteiger charge is -2.14. The largest absolute Gasteiger partial charge is 0.493 e. The third-order valence-electron chi connectivity index (χ3n) is 3.89. The lowest BCUT2D eigenvalue weighted by atomic mass is 10.2. The molecule has 0 aliphatic rings. The Labute approximate surface area is 161 Å². The number of hydrogen-bond acceptors (Lipinski definition) is 4. The average Bonchev–Trinajstić information content (AvgIpc) is 2.72. The third-order valence-corrected chi connectivity index (χ3v) is 3.89. The Morgan fingerprint density at radius 3 is 2.52 bits per heavy atom. The highest BCUT2D eigenvalue weighted by atomic mass is 16.5. The molecule has 2 aromatic rings. The van der Waals surface area contributed by atoms with Crippen LogP contribution < -0.4 is 20.1 Å². The van der Waals surface area contributed by atoms with Crippen LogP contribution >= 0.6 is 0 Å². The van der Waals surface area contributed by atoms with E-state index in [1.54, 1.807) is 14.2 Å². The second-order valence-corrected chi connectivity index (χ2v) is 5.81. The van der Waals surface area contributed by atoms with Crippen molar-refractivity contribution in [3.05, 3.63) is 59.7 Å². The van der Waals surface area contributed by atoms with Gasteiger partial charge >= 0.3 is 0 Å². The van der Waals surface area contributed by atoms with Crippen LogP contribution in [0.2, 0.25) is 0 Å². The van der Waals surface area contributed by atoms with E-state index in [0.717, 1.165) is 22.8 Å². The summed E-state index contributed by atoms with van der Waals surface area (Å²) in [4.78, 5) is 4.21. The van der Waals surface area contributed by atoms with Crippen LogP contribution in [-0.4, -0.2) is 39.9 Å². The fraction of sp³-hybridized carbons (Fsp3) is 0.381. The van der Waals surface area contributed by atoms with Crippen molar-refractivity contribution in [1.82, 2.24) is 10.6 Å². The molecule has 0 spiro atoms. The minimum absolute atomic E-state index is 0.505. The van der Waals surface area contributed by atoms with Crippen molar-refractivity contribution in [2.75, 3.05) is 33.9 Å². The molecule has 0 saturated carbocycles. The summed E-state index contributed by atoms with van der Waals surface area (Å²) >= 11 is 0. The average molecular weight is 371 g/mol. The van der Waals surface area contributed by atoms with Crippen LogP contribution in [0.25, 0.3) is 0 Å². The Kier molecular flexibility index (Phi) is 9.00. The summed E-state index contributed by atoms with van der Waals surface area (Å²) in [5.74, 6) is 2.17. The zero-order chi connectivity index (χ0) is 19.3. The van der Waals surface area contributed by atoms with E-state index in [4.69, 9.17) is 14.2 Å². The van der Waals surface area contributed by atoms with Gasteiger partial charge in [0.05, 0.1) is 13.7 Å². The number of ether oxygens (including phenoxy) is 3. The molecule has 0 aliphatic carbocycles. The fourth-order valence-corrected chi connectivity index (χ4v) is 2.47. The monoisotopic (exact) mass is 371 g/mol. The Bertz CT molecular complexity index is 705. The third kappa shape index (κ3) is 7.19. The van der Waals surface area contributed by atoms with Crippen molar-refractivity contribution in [1.29, 1.82) is 0 Å². The summed E-state index contributed by atoms with van der Waals surface area (Å²) in [5, 5.41) is 6.49. The molecule has 2 rings (SSSR count). The molecular weight excluding hydrogens is 342 g/mol. The van der Waals surface area contributed by atoms with Gasteiger partial charge in [0, 0.05) is 26.7 Å². The molecule has 2 aromatic carbocycles. The van der Waals surface area contributed by atoms with Gasteiger partial charge in [-0.2, -0.15) is 0 Å². The van der Waals surface area contributed by atoms with E-state index < -0.39 is 0 Å². The molecular formula is C21H29N3O3. The molecule has 0 bridgehead atoms.